The Hall–Kier alpha value is -1.16. The minimum Gasteiger partial charge on any atom is -0.312 e. The first kappa shape index (κ1) is 9.09. The lowest BCUT2D eigenvalue weighted by Crippen LogP contribution is -2.04. The first-order valence-corrected chi connectivity index (χ1v) is 5.64. The maximum absolute atomic E-state index is 11.5. The van der Waals surface area contributed by atoms with E-state index in [1.165, 1.54) is 0 Å². The summed E-state index contributed by atoms with van der Waals surface area (Å²) in [5.41, 5.74) is 0.563. The Balaban J connectivity index is 2.39. The predicted octanol–water partition coefficient (Wildman–Crippen LogP) is 2.83. The molecule has 15 heavy (non-hydrogen) atoms. The quantitative estimate of drug-likeness (QED) is 0.797. The molecule has 0 aliphatic heterocycles. The Kier molecular flexibility index (Phi) is 1.92. The van der Waals surface area contributed by atoms with Crippen LogP contribution in [0.25, 0.3) is 10.8 Å². The van der Waals surface area contributed by atoms with Gasteiger partial charge in [0.15, 0.2) is 0 Å². The van der Waals surface area contributed by atoms with Gasteiger partial charge in [0.2, 0.25) is 0 Å². The number of fused-ring (bicyclic) bond motifs is 1. The first-order chi connectivity index (χ1) is 7.25. The van der Waals surface area contributed by atoms with Crippen molar-refractivity contribution in [1.82, 2.24) is 5.16 Å². The minimum atomic E-state index is -0.365. The molecule has 0 atom stereocenters. The third-order valence-corrected chi connectivity index (χ3v) is 3.16. The number of hydrogen-bond acceptors (Lipinski definition) is 3. The number of benzene rings is 1. The monoisotopic (exact) mass is 265 g/mol. The van der Waals surface area contributed by atoms with Gasteiger partial charge in [-0.15, -0.1) is 0 Å². The highest BCUT2D eigenvalue weighted by Gasteiger charge is 2.28. The lowest BCUT2D eigenvalue weighted by atomic mass is 10.1. The van der Waals surface area contributed by atoms with Gasteiger partial charge in [0.1, 0.15) is 0 Å². The maximum atomic E-state index is 11.5. The van der Waals surface area contributed by atoms with Gasteiger partial charge < -0.3 is 4.52 Å². The molecule has 1 saturated carbocycles. The molecule has 0 saturated heterocycles. The second kappa shape index (κ2) is 3.17. The van der Waals surface area contributed by atoms with Crippen LogP contribution in [0.3, 0.4) is 0 Å². The number of hydrogen-bond donors (Lipinski definition) is 0. The van der Waals surface area contributed by atoms with Crippen LogP contribution in [-0.4, -0.2) is 5.16 Å². The van der Waals surface area contributed by atoms with Crippen molar-refractivity contribution in [2.75, 3.05) is 0 Å². The molecule has 3 nitrogen and oxygen atoms in total. The van der Waals surface area contributed by atoms with Crippen LogP contribution in [0.15, 0.2) is 32.0 Å². The van der Waals surface area contributed by atoms with Gasteiger partial charge in [-0.05, 0) is 25.0 Å². The van der Waals surface area contributed by atoms with Gasteiger partial charge in [0.25, 0.3) is 0 Å². The SMILES string of the molecule is O=c1onc(C2CC2)c2ccc(Br)cc12. The summed E-state index contributed by atoms with van der Waals surface area (Å²) in [6.45, 7) is 0. The van der Waals surface area contributed by atoms with Crippen molar-refractivity contribution in [3.63, 3.8) is 0 Å². The van der Waals surface area contributed by atoms with E-state index in [9.17, 15) is 4.79 Å². The Morgan fingerprint density at radius 2 is 2.13 bits per heavy atom. The minimum absolute atomic E-state index is 0.365. The van der Waals surface area contributed by atoms with E-state index in [-0.39, 0.29) is 5.63 Å². The van der Waals surface area contributed by atoms with Crippen LogP contribution < -0.4 is 5.63 Å². The molecule has 0 amide bonds. The summed E-state index contributed by atoms with van der Waals surface area (Å²) >= 11 is 3.34. The highest BCUT2D eigenvalue weighted by atomic mass is 79.9. The summed E-state index contributed by atoms with van der Waals surface area (Å²) in [5.74, 6) is 0.484. The van der Waals surface area contributed by atoms with E-state index in [1.807, 2.05) is 12.1 Å². The normalized spacial score (nSPS) is 15.8. The van der Waals surface area contributed by atoms with Crippen LogP contribution in [0.5, 0.6) is 0 Å². The van der Waals surface area contributed by atoms with Crippen LogP contribution in [0.2, 0.25) is 0 Å². The molecule has 1 aliphatic rings. The van der Waals surface area contributed by atoms with Crippen molar-refractivity contribution in [2.24, 2.45) is 0 Å². The number of halogens is 1. The van der Waals surface area contributed by atoms with Gasteiger partial charge in [-0.2, -0.15) is 0 Å². The van der Waals surface area contributed by atoms with E-state index >= 15 is 0 Å². The Labute approximate surface area is 94.2 Å². The molecule has 1 fully saturated rings. The van der Waals surface area contributed by atoms with Gasteiger partial charge in [-0.1, -0.05) is 27.2 Å². The second-order valence-electron chi connectivity index (χ2n) is 3.82. The lowest BCUT2D eigenvalue weighted by molar-refractivity contribution is 0.367. The molecule has 0 N–H and O–H groups in total. The molecule has 76 valence electrons. The maximum Gasteiger partial charge on any atom is 0.366 e. The van der Waals surface area contributed by atoms with Gasteiger partial charge >= 0.3 is 5.63 Å². The van der Waals surface area contributed by atoms with Crippen LogP contribution >= 0.6 is 15.9 Å². The molecule has 0 radical (unpaired) electrons. The molecule has 2 aromatic rings. The number of rotatable bonds is 1. The van der Waals surface area contributed by atoms with Crippen molar-refractivity contribution in [1.29, 1.82) is 0 Å². The standard InChI is InChI=1S/C11H8BrNO2/c12-7-3-4-8-9(5-7)11(14)15-13-10(8)6-1-2-6/h3-6H,1-2H2. The van der Waals surface area contributed by atoms with Gasteiger partial charge in [0.05, 0.1) is 11.1 Å². The third kappa shape index (κ3) is 1.49. The summed E-state index contributed by atoms with van der Waals surface area (Å²) in [4.78, 5) is 11.5. The molecule has 1 aromatic heterocycles. The Bertz CT molecular complexity index is 587. The van der Waals surface area contributed by atoms with Crippen LogP contribution in [0.1, 0.15) is 24.5 Å². The Morgan fingerprint density at radius 3 is 2.87 bits per heavy atom. The van der Waals surface area contributed by atoms with E-state index < -0.39 is 0 Å². The summed E-state index contributed by atoms with van der Waals surface area (Å²) in [7, 11) is 0. The number of aromatic nitrogens is 1. The fraction of sp³-hybridized carbons (Fsp3) is 0.273. The van der Waals surface area contributed by atoms with Crippen molar-refractivity contribution < 1.29 is 4.52 Å². The van der Waals surface area contributed by atoms with Gasteiger partial charge in [-0.3, -0.25) is 0 Å². The lowest BCUT2D eigenvalue weighted by Gasteiger charge is -2.01. The molecule has 1 heterocycles. The van der Waals surface area contributed by atoms with Crippen molar-refractivity contribution in [2.45, 2.75) is 18.8 Å². The molecule has 3 rings (SSSR count). The van der Waals surface area contributed by atoms with Gasteiger partial charge in [0, 0.05) is 15.8 Å². The van der Waals surface area contributed by atoms with Crippen LogP contribution in [0, 0.1) is 0 Å². The predicted molar refractivity (Wildman–Crippen MR) is 60.0 cm³/mol. The van der Waals surface area contributed by atoms with E-state index in [0.29, 0.717) is 11.3 Å². The summed E-state index contributed by atoms with van der Waals surface area (Å²) in [6, 6.07) is 5.64. The molecule has 0 spiro atoms. The molecular formula is C11H8BrNO2. The fourth-order valence-corrected chi connectivity index (χ4v) is 2.11. The van der Waals surface area contributed by atoms with E-state index in [0.717, 1.165) is 28.4 Å². The first-order valence-electron chi connectivity index (χ1n) is 4.85. The zero-order valence-corrected chi connectivity index (χ0v) is 9.45. The Morgan fingerprint density at radius 1 is 1.33 bits per heavy atom. The highest BCUT2D eigenvalue weighted by Crippen LogP contribution is 2.41. The van der Waals surface area contributed by atoms with Crippen molar-refractivity contribution >= 4 is 26.7 Å². The molecule has 1 aliphatic carbocycles. The molecular weight excluding hydrogens is 258 g/mol. The zero-order chi connectivity index (χ0) is 10.4. The van der Waals surface area contributed by atoms with E-state index in [1.54, 1.807) is 6.07 Å². The second-order valence-corrected chi connectivity index (χ2v) is 4.74. The largest absolute Gasteiger partial charge is 0.366 e. The smallest absolute Gasteiger partial charge is 0.312 e. The fourth-order valence-electron chi connectivity index (χ4n) is 1.75. The zero-order valence-electron chi connectivity index (χ0n) is 7.87. The highest BCUT2D eigenvalue weighted by molar-refractivity contribution is 9.10. The summed E-state index contributed by atoms with van der Waals surface area (Å²) in [5, 5.41) is 5.44. The molecule has 0 unspecified atom stereocenters. The van der Waals surface area contributed by atoms with Crippen molar-refractivity contribution in [3.8, 4) is 0 Å². The summed E-state index contributed by atoms with van der Waals surface area (Å²) in [6.07, 6.45) is 2.29. The van der Waals surface area contributed by atoms with E-state index in [2.05, 4.69) is 21.1 Å². The van der Waals surface area contributed by atoms with E-state index in [4.69, 9.17) is 4.52 Å². The van der Waals surface area contributed by atoms with Gasteiger partial charge in [-0.25, -0.2) is 4.79 Å². The average molecular weight is 266 g/mol. The van der Waals surface area contributed by atoms with Crippen molar-refractivity contribution in [3.05, 3.63) is 38.8 Å². The van der Waals surface area contributed by atoms with Crippen LogP contribution in [0.4, 0.5) is 0 Å². The number of nitrogens with zero attached hydrogens (tertiary/aromatic N) is 1. The van der Waals surface area contributed by atoms with Crippen LogP contribution in [-0.2, 0) is 0 Å². The molecule has 1 aromatic carbocycles. The summed E-state index contributed by atoms with van der Waals surface area (Å²) < 4.78 is 5.69. The molecule has 0 bridgehead atoms. The molecule has 4 heteroatoms. The average Bonchev–Trinajstić information content (AvgIpc) is 3.03. The topological polar surface area (TPSA) is 43.1 Å². The third-order valence-electron chi connectivity index (χ3n) is 2.67.